The standard InChI is InChI=1S/C18H11ClF5N3O.C12H8BrF4N3O.C6H5BClFO2/c1-27-8-12(16(26-27)18(22,23)24)17(28)25-15-5-3-10(20)7-11(15)9-2-4-14(21)13(19)6-9;1-20-5-7(10(19-20)12(15,16)17)11(21)18-9-3-2-6(14)4-8(9)13;8-5-3-4(7(10)11)1-2-6(5)9/h2-8H,1H3,(H,25,28);2-5H,1H3,(H,18,21);1-3,10-11H. The zero-order valence-corrected chi connectivity index (χ0v) is 33.2. The van der Waals surface area contributed by atoms with Crippen molar-refractivity contribution in [1.29, 1.82) is 0 Å². The summed E-state index contributed by atoms with van der Waals surface area (Å²) < 4.78 is 132. The summed E-state index contributed by atoms with van der Waals surface area (Å²) in [6.07, 6.45) is -7.68. The lowest BCUT2D eigenvalue weighted by atomic mass is 9.80. The lowest BCUT2D eigenvalue weighted by Gasteiger charge is -2.13. The number of carbonyl (C=O) groups is 2. The molecule has 60 heavy (non-hydrogen) atoms. The highest BCUT2D eigenvalue weighted by Crippen LogP contribution is 2.35. The molecule has 0 atom stereocenters. The number of nitrogens with zero attached hydrogens (tertiary/aromatic N) is 4. The van der Waals surface area contributed by atoms with Gasteiger partial charge < -0.3 is 20.7 Å². The average molecular weight is 956 g/mol. The van der Waals surface area contributed by atoms with E-state index in [1.807, 2.05) is 0 Å². The predicted octanol–water partition coefficient (Wildman–Crippen LogP) is 9.04. The highest BCUT2D eigenvalue weighted by Gasteiger charge is 2.40. The van der Waals surface area contributed by atoms with Crippen LogP contribution >= 0.6 is 39.1 Å². The van der Waals surface area contributed by atoms with Crippen LogP contribution in [0.25, 0.3) is 11.1 Å². The van der Waals surface area contributed by atoms with Crippen molar-refractivity contribution in [3.05, 3.63) is 145 Å². The number of halogens is 13. The Morgan fingerprint density at radius 1 is 0.667 bits per heavy atom. The smallest absolute Gasteiger partial charge is 0.423 e. The molecule has 4 aromatic carbocycles. The van der Waals surface area contributed by atoms with Crippen molar-refractivity contribution >= 4 is 74.9 Å². The summed E-state index contributed by atoms with van der Waals surface area (Å²) in [6, 6.07) is 13.7. The van der Waals surface area contributed by atoms with Crippen molar-refractivity contribution < 1.29 is 63.5 Å². The van der Waals surface area contributed by atoms with Crippen LogP contribution in [0.2, 0.25) is 10.0 Å². The van der Waals surface area contributed by atoms with Crippen molar-refractivity contribution in [2.45, 2.75) is 12.4 Å². The Kier molecular flexibility index (Phi) is 15.2. The number of hydrogen-bond donors (Lipinski definition) is 4. The molecule has 24 heteroatoms. The summed E-state index contributed by atoms with van der Waals surface area (Å²) in [5, 5.41) is 28.0. The molecule has 4 N–H and O–H groups in total. The first kappa shape index (κ1) is 47.3. The number of nitrogens with one attached hydrogen (secondary N) is 2. The van der Waals surface area contributed by atoms with Gasteiger partial charge in [-0.05, 0) is 87.6 Å². The minimum atomic E-state index is -4.83. The maximum atomic E-state index is 13.7. The first-order chi connectivity index (χ1) is 27.8. The third-order valence-corrected chi connectivity index (χ3v) is 8.80. The van der Waals surface area contributed by atoms with Crippen molar-refractivity contribution in [1.82, 2.24) is 19.6 Å². The zero-order chi connectivity index (χ0) is 44.9. The Morgan fingerprint density at radius 2 is 1.12 bits per heavy atom. The minimum absolute atomic E-state index is 0.0195. The Hall–Kier alpha value is -5.42. The monoisotopic (exact) mass is 954 g/mol. The van der Waals surface area contributed by atoms with Gasteiger partial charge in [0, 0.05) is 42.2 Å². The van der Waals surface area contributed by atoms with Crippen LogP contribution < -0.4 is 16.1 Å². The van der Waals surface area contributed by atoms with E-state index in [0.29, 0.717) is 0 Å². The quantitative estimate of drug-likeness (QED) is 0.0973. The van der Waals surface area contributed by atoms with Gasteiger partial charge in [0.25, 0.3) is 11.8 Å². The molecule has 6 aromatic rings. The first-order valence-corrected chi connectivity index (χ1v) is 17.8. The van der Waals surface area contributed by atoms with Gasteiger partial charge in [0.1, 0.15) is 23.3 Å². The van der Waals surface area contributed by atoms with Crippen LogP contribution in [0.5, 0.6) is 0 Å². The fourth-order valence-electron chi connectivity index (χ4n) is 4.90. The van der Waals surface area contributed by atoms with E-state index in [4.69, 9.17) is 33.2 Å². The molecule has 0 aliphatic heterocycles. The highest BCUT2D eigenvalue weighted by atomic mass is 79.9. The zero-order valence-electron chi connectivity index (χ0n) is 30.1. The SMILES string of the molecule is Cn1cc(C(=O)Nc2ccc(F)cc2-c2ccc(F)c(Cl)c2)c(C(F)(F)F)n1.Cn1cc(C(=O)Nc2ccc(F)cc2Br)c(C(F)(F)F)n1.OB(O)c1ccc(F)c(Cl)c1. The number of benzene rings is 4. The topological polar surface area (TPSA) is 134 Å². The number of aryl methyl sites for hydroxylation is 2. The molecule has 6 rings (SSSR count). The second kappa shape index (κ2) is 19.3. The van der Waals surface area contributed by atoms with Crippen LogP contribution in [0, 0.1) is 23.3 Å². The molecular weight excluding hydrogens is 932 g/mol. The van der Waals surface area contributed by atoms with E-state index in [0.717, 1.165) is 58.2 Å². The lowest BCUT2D eigenvalue weighted by molar-refractivity contribution is -0.142. The van der Waals surface area contributed by atoms with Crippen LogP contribution in [0.1, 0.15) is 32.1 Å². The van der Waals surface area contributed by atoms with E-state index >= 15 is 0 Å². The molecule has 0 saturated heterocycles. The fourth-order valence-corrected chi connectivity index (χ4v) is 5.72. The van der Waals surface area contributed by atoms with Crippen LogP contribution in [0.4, 0.5) is 55.3 Å². The predicted molar refractivity (Wildman–Crippen MR) is 204 cm³/mol. The Labute approximate surface area is 350 Å². The molecule has 0 unspecified atom stereocenters. The molecule has 0 saturated carbocycles. The Balaban J connectivity index is 0.000000217. The van der Waals surface area contributed by atoms with Crippen LogP contribution in [0.15, 0.2) is 89.7 Å². The molecule has 2 amide bonds. The van der Waals surface area contributed by atoms with Gasteiger partial charge in [0.15, 0.2) is 11.4 Å². The van der Waals surface area contributed by atoms with Crippen molar-refractivity contribution in [2.75, 3.05) is 10.6 Å². The number of hydrogen-bond acceptors (Lipinski definition) is 6. The Bertz CT molecular complexity index is 2540. The molecule has 0 spiro atoms. The fraction of sp³-hybridized carbons (Fsp3) is 0.111. The maximum Gasteiger partial charge on any atom is 0.488 e. The molecule has 316 valence electrons. The van der Waals surface area contributed by atoms with Gasteiger partial charge in [-0.2, -0.15) is 36.5 Å². The normalized spacial score (nSPS) is 11.2. The summed E-state index contributed by atoms with van der Waals surface area (Å²) in [7, 11) is 0.920. The molecule has 0 aliphatic rings. The molecule has 10 nitrogen and oxygen atoms in total. The van der Waals surface area contributed by atoms with Gasteiger partial charge in [0.05, 0.1) is 26.9 Å². The van der Waals surface area contributed by atoms with E-state index in [1.54, 1.807) is 0 Å². The molecule has 0 fully saturated rings. The average Bonchev–Trinajstić information content (AvgIpc) is 3.76. The number of aromatic nitrogens is 4. The van der Waals surface area contributed by atoms with Gasteiger partial charge in [0.2, 0.25) is 0 Å². The summed E-state index contributed by atoms with van der Waals surface area (Å²) in [5.41, 5.74) is -3.19. The summed E-state index contributed by atoms with van der Waals surface area (Å²) in [6.45, 7) is 0. The summed E-state index contributed by atoms with van der Waals surface area (Å²) >= 11 is 14.1. The lowest BCUT2D eigenvalue weighted by Crippen LogP contribution is -2.29. The number of anilines is 2. The van der Waals surface area contributed by atoms with E-state index in [1.165, 1.54) is 50.5 Å². The second-order valence-electron chi connectivity index (χ2n) is 12.0. The summed E-state index contributed by atoms with van der Waals surface area (Å²) in [4.78, 5) is 24.4. The van der Waals surface area contributed by atoms with Gasteiger partial charge in [-0.1, -0.05) is 35.3 Å². The third-order valence-electron chi connectivity index (χ3n) is 7.57. The van der Waals surface area contributed by atoms with Gasteiger partial charge in [-0.15, -0.1) is 0 Å². The number of amides is 2. The van der Waals surface area contributed by atoms with Gasteiger partial charge >= 0.3 is 19.5 Å². The molecule has 0 radical (unpaired) electrons. The van der Waals surface area contributed by atoms with E-state index < -0.39 is 77.1 Å². The van der Waals surface area contributed by atoms with Crippen LogP contribution in [0.3, 0.4) is 0 Å². The first-order valence-electron chi connectivity index (χ1n) is 16.2. The highest BCUT2D eigenvalue weighted by molar-refractivity contribution is 9.10. The Morgan fingerprint density at radius 3 is 1.57 bits per heavy atom. The van der Waals surface area contributed by atoms with Gasteiger partial charge in [-0.3, -0.25) is 19.0 Å². The number of carbonyl (C=O) groups excluding carboxylic acids is 2. The van der Waals surface area contributed by atoms with Crippen molar-refractivity contribution in [3.63, 3.8) is 0 Å². The molecule has 2 aromatic heterocycles. The molecule has 2 heterocycles. The largest absolute Gasteiger partial charge is 0.488 e. The molecule has 0 bridgehead atoms. The number of alkyl halides is 6. The maximum absolute atomic E-state index is 13.7. The molecule has 0 aliphatic carbocycles. The second-order valence-corrected chi connectivity index (χ2v) is 13.7. The van der Waals surface area contributed by atoms with Crippen LogP contribution in [-0.2, 0) is 26.4 Å². The van der Waals surface area contributed by atoms with E-state index in [9.17, 15) is 53.5 Å². The van der Waals surface area contributed by atoms with Gasteiger partial charge in [-0.25, -0.2) is 17.6 Å². The molecular formula is C36H24BBrCl2F10N6O4. The summed E-state index contributed by atoms with van der Waals surface area (Å²) in [5.74, 6) is -4.54. The minimum Gasteiger partial charge on any atom is -0.423 e. The van der Waals surface area contributed by atoms with E-state index in [2.05, 4.69) is 36.8 Å². The van der Waals surface area contributed by atoms with E-state index in [-0.39, 0.29) is 42.5 Å². The third kappa shape index (κ3) is 12.3. The van der Waals surface area contributed by atoms with Crippen molar-refractivity contribution in [3.8, 4) is 11.1 Å². The van der Waals surface area contributed by atoms with Crippen LogP contribution in [-0.4, -0.2) is 48.5 Å². The van der Waals surface area contributed by atoms with Crippen molar-refractivity contribution in [2.24, 2.45) is 14.1 Å². The number of rotatable bonds is 6.